The SMILES string of the molecule is CC(C)c1nc(CCOC(N)=O)n(Cc2cccnc2)c1Sc1ccccc1. The van der Waals surface area contributed by atoms with Crippen LogP contribution in [0.5, 0.6) is 0 Å². The molecule has 3 aromatic rings. The van der Waals surface area contributed by atoms with Crippen molar-refractivity contribution in [2.24, 2.45) is 5.73 Å². The van der Waals surface area contributed by atoms with Crippen LogP contribution in [-0.4, -0.2) is 27.2 Å². The highest BCUT2D eigenvalue weighted by Crippen LogP contribution is 2.35. The van der Waals surface area contributed by atoms with Gasteiger partial charge in [-0.15, -0.1) is 0 Å². The molecule has 0 saturated heterocycles. The van der Waals surface area contributed by atoms with Crippen molar-refractivity contribution in [1.82, 2.24) is 14.5 Å². The van der Waals surface area contributed by atoms with Gasteiger partial charge in [0, 0.05) is 23.7 Å². The molecule has 3 rings (SSSR count). The van der Waals surface area contributed by atoms with E-state index in [9.17, 15) is 4.79 Å². The number of imidazole rings is 1. The molecule has 0 saturated carbocycles. The summed E-state index contributed by atoms with van der Waals surface area (Å²) in [6, 6.07) is 14.2. The van der Waals surface area contributed by atoms with Crippen molar-refractivity contribution in [3.05, 3.63) is 71.9 Å². The highest BCUT2D eigenvalue weighted by atomic mass is 32.2. The number of amides is 1. The molecule has 0 atom stereocenters. The Morgan fingerprint density at radius 3 is 2.64 bits per heavy atom. The lowest BCUT2D eigenvalue weighted by atomic mass is 10.1. The number of nitrogens with two attached hydrogens (primary N) is 1. The third-order valence-corrected chi connectivity index (χ3v) is 5.29. The van der Waals surface area contributed by atoms with Crippen LogP contribution in [0.25, 0.3) is 0 Å². The summed E-state index contributed by atoms with van der Waals surface area (Å²) >= 11 is 1.70. The number of hydrogen-bond acceptors (Lipinski definition) is 5. The zero-order valence-electron chi connectivity index (χ0n) is 16.0. The first-order valence-corrected chi connectivity index (χ1v) is 9.99. The number of carbonyl (C=O) groups is 1. The molecule has 0 spiro atoms. The van der Waals surface area contributed by atoms with Gasteiger partial charge in [-0.2, -0.15) is 0 Å². The van der Waals surface area contributed by atoms with Crippen LogP contribution in [0.1, 0.15) is 36.8 Å². The molecule has 0 aliphatic carbocycles. The number of primary amides is 1. The maximum absolute atomic E-state index is 10.9. The standard InChI is InChI=1S/C21H24N4O2S/c1-15(2)19-20(28-17-8-4-3-5-9-17)25(14-16-7-6-11-23-13-16)18(24-19)10-12-27-21(22)26/h3-9,11,13,15H,10,12,14H2,1-2H3,(H2,22,26). The van der Waals surface area contributed by atoms with E-state index in [0.29, 0.717) is 13.0 Å². The maximum atomic E-state index is 10.9. The lowest BCUT2D eigenvalue weighted by Crippen LogP contribution is -2.16. The van der Waals surface area contributed by atoms with E-state index in [1.807, 2.05) is 36.5 Å². The van der Waals surface area contributed by atoms with Gasteiger partial charge >= 0.3 is 6.09 Å². The van der Waals surface area contributed by atoms with Crippen LogP contribution in [-0.2, 0) is 17.7 Å². The topological polar surface area (TPSA) is 83.0 Å². The molecule has 7 heteroatoms. The minimum absolute atomic E-state index is 0.201. The Balaban J connectivity index is 2.00. The summed E-state index contributed by atoms with van der Waals surface area (Å²) in [6.45, 7) is 5.12. The maximum Gasteiger partial charge on any atom is 0.404 e. The Hall–Kier alpha value is -2.80. The summed E-state index contributed by atoms with van der Waals surface area (Å²) in [7, 11) is 0. The fourth-order valence-electron chi connectivity index (χ4n) is 2.86. The highest BCUT2D eigenvalue weighted by molar-refractivity contribution is 7.99. The zero-order valence-corrected chi connectivity index (χ0v) is 16.9. The monoisotopic (exact) mass is 396 g/mol. The predicted octanol–water partition coefficient (Wildman–Crippen LogP) is 4.24. The Bertz CT molecular complexity index is 911. The summed E-state index contributed by atoms with van der Waals surface area (Å²) < 4.78 is 7.13. The number of hydrogen-bond donors (Lipinski definition) is 1. The minimum Gasteiger partial charge on any atom is -0.449 e. The van der Waals surface area contributed by atoms with Gasteiger partial charge in [0.1, 0.15) is 17.5 Å². The van der Waals surface area contributed by atoms with Crippen molar-refractivity contribution in [1.29, 1.82) is 0 Å². The zero-order chi connectivity index (χ0) is 19.9. The summed E-state index contributed by atoms with van der Waals surface area (Å²) in [6.07, 6.45) is 3.35. The molecule has 2 aromatic heterocycles. The van der Waals surface area contributed by atoms with Crippen LogP contribution in [0.2, 0.25) is 0 Å². The summed E-state index contributed by atoms with van der Waals surface area (Å²) in [5.41, 5.74) is 7.22. The van der Waals surface area contributed by atoms with Crippen molar-refractivity contribution >= 4 is 17.9 Å². The quantitative estimate of drug-likeness (QED) is 0.616. The smallest absolute Gasteiger partial charge is 0.404 e. The number of rotatable bonds is 8. The highest BCUT2D eigenvalue weighted by Gasteiger charge is 2.21. The average Bonchev–Trinajstić information content (AvgIpc) is 3.01. The van der Waals surface area contributed by atoms with E-state index in [2.05, 4.69) is 35.5 Å². The second-order valence-electron chi connectivity index (χ2n) is 6.65. The molecule has 1 aromatic carbocycles. The van der Waals surface area contributed by atoms with Crippen LogP contribution < -0.4 is 5.73 Å². The molecule has 0 aliphatic rings. The molecule has 0 radical (unpaired) electrons. The molecule has 0 bridgehead atoms. The molecule has 0 unspecified atom stereocenters. The van der Waals surface area contributed by atoms with E-state index in [1.54, 1.807) is 18.0 Å². The van der Waals surface area contributed by atoms with Crippen LogP contribution in [0.4, 0.5) is 4.79 Å². The normalized spacial score (nSPS) is 11.0. The largest absolute Gasteiger partial charge is 0.449 e. The predicted molar refractivity (Wildman–Crippen MR) is 109 cm³/mol. The average molecular weight is 397 g/mol. The third kappa shape index (κ3) is 5.13. The van der Waals surface area contributed by atoms with Crippen molar-refractivity contribution in [2.75, 3.05) is 6.61 Å². The first-order valence-electron chi connectivity index (χ1n) is 9.18. The van der Waals surface area contributed by atoms with E-state index in [4.69, 9.17) is 15.5 Å². The van der Waals surface area contributed by atoms with Gasteiger partial charge in [0.25, 0.3) is 0 Å². The van der Waals surface area contributed by atoms with Gasteiger partial charge in [-0.25, -0.2) is 9.78 Å². The lowest BCUT2D eigenvalue weighted by Gasteiger charge is -2.13. The number of ether oxygens (including phenoxy) is 1. The van der Waals surface area contributed by atoms with E-state index < -0.39 is 6.09 Å². The van der Waals surface area contributed by atoms with E-state index >= 15 is 0 Å². The van der Waals surface area contributed by atoms with Crippen LogP contribution >= 0.6 is 11.8 Å². The van der Waals surface area contributed by atoms with Crippen LogP contribution in [0, 0.1) is 0 Å². The first kappa shape index (κ1) is 19.9. The van der Waals surface area contributed by atoms with Crippen LogP contribution in [0.15, 0.2) is 64.8 Å². The fraction of sp³-hybridized carbons (Fsp3) is 0.286. The Morgan fingerprint density at radius 2 is 2.00 bits per heavy atom. The van der Waals surface area contributed by atoms with Gasteiger partial charge in [0.2, 0.25) is 0 Å². The van der Waals surface area contributed by atoms with E-state index in [1.165, 1.54) is 0 Å². The molecule has 28 heavy (non-hydrogen) atoms. The Labute approximate surface area is 169 Å². The van der Waals surface area contributed by atoms with Crippen molar-refractivity contribution in [2.45, 2.75) is 42.7 Å². The number of carbonyl (C=O) groups excluding carboxylic acids is 1. The first-order chi connectivity index (χ1) is 13.5. The summed E-state index contributed by atoms with van der Waals surface area (Å²) in [4.78, 5) is 21.2. The van der Waals surface area contributed by atoms with Gasteiger partial charge < -0.3 is 15.0 Å². The fourth-order valence-corrected chi connectivity index (χ4v) is 4.04. The van der Waals surface area contributed by atoms with E-state index in [-0.39, 0.29) is 12.5 Å². The van der Waals surface area contributed by atoms with Gasteiger partial charge in [0.05, 0.1) is 12.2 Å². The molecule has 0 aliphatic heterocycles. The number of aromatic nitrogens is 3. The van der Waals surface area contributed by atoms with Gasteiger partial charge in [-0.3, -0.25) is 4.98 Å². The van der Waals surface area contributed by atoms with Crippen LogP contribution in [0.3, 0.4) is 0 Å². The molecular weight excluding hydrogens is 372 g/mol. The van der Waals surface area contributed by atoms with Crippen molar-refractivity contribution in [3.8, 4) is 0 Å². The van der Waals surface area contributed by atoms with Gasteiger partial charge in [-0.05, 0) is 29.7 Å². The van der Waals surface area contributed by atoms with Gasteiger partial charge in [0.15, 0.2) is 0 Å². The second-order valence-corrected chi connectivity index (χ2v) is 7.72. The lowest BCUT2D eigenvalue weighted by molar-refractivity contribution is 0.157. The second kappa shape index (κ2) is 9.41. The molecule has 0 fully saturated rings. The number of nitrogens with zero attached hydrogens (tertiary/aromatic N) is 3. The third-order valence-electron chi connectivity index (χ3n) is 4.16. The Kier molecular flexibility index (Phi) is 6.71. The molecule has 6 nitrogen and oxygen atoms in total. The van der Waals surface area contributed by atoms with E-state index in [0.717, 1.165) is 27.0 Å². The molecule has 2 N–H and O–H groups in total. The molecule has 1 amide bonds. The van der Waals surface area contributed by atoms with Crippen molar-refractivity contribution in [3.63, 3.8) is 0 Å². The number of pyridine rings is 1. The van der Waals surface area contributed by atoms with Gasteiger partial charge in [-0.1, -0.05) is 49.9 Å². The summed E-state index contributed by atoms with van der Waals surface area (Å²) in [5, 5.41) is 1.10. The Morgan fingerprint density at radius 1 is 1.21 bits per heavy atom. The molecular formula is C21H24N4O2S. The number of benzene rings is 1. The minimum atomic E-state index is -0.770. The molecule has 2 heterocycles. The van der Waals surface area contributed by atoms with Crippen molar-refractivity contribution < 1.29 is 9.53 Å². The summed E-state index contributed by atoms with van der Waals surface area (Å²) in [5.74, 6) is 1.13. The molecule has 146 valence electrons.